The Labute approximate surface area is 154 Å². The minimum absolute atomic E-state index is 0.0172. The first kappa shape index (κ1) is 18.3. The lowest BCUT2D eigenvalue weighted by atomic mass is 10.1. The van der Waals surface area contributed by atoms with Crippen LogP contribution < -0.4 is 15.0 Å². The summed E-state index contributed by atoms with van der Waals surface area (Å²) >= 11 is 0. The van der Waals surface area contributed by atoms with Crippen LogP contribution >= 0.6 is 0 Å². The van der Waals surface area contributed by atoms with Crippen molar-refractivity contribution in [3.63, 3.8) is 0 Å². The van der Waals surface area contributed by atoms with Crippen molar-refractivity contribution in [1.82, 2.24) is 0 Å². The Morgan fingerprint density at radius 2 is 1.88 bits per heavy atom. The molecule has 0 saturated carbocycles. The van der Waals surface area contributed by atoms with Crippen molar-refractivity contribution in [3.05, 3.63) is 53.6 Å². The Bertz CT molecular complexity index is 737. The van der Waals surface area contributed by atoms with E-state index in [4.69, 9.17) is 9.47 Å². The summed E-state index contributed by atoms with van der Waals surface area (Å²) in [4.78, 5) is 14.7. The fourth-order valence-corrected chi connectivity index (χ4v) is 3.01. The number of nitrogens with zero attached hydrogens (tertiary/aromatic N) is 1. The number of hydrogen-bond acceptors (Lipinski definition) is 4. The molecular formula is C21H26N2O3. The van der Waals surface area contributed by atoms with E-state index in [0.717, 1.165) is 54.6 Å². The summed E-state index contributed by atoms with van der Waals surface area (Å²) in [6, 6.07) is 13.9. The van der Waals surface area contributed by atoms with Gasteiger partial charge in [-0.15, -0.1) is 0 Å². The summed E-state index contributed by atoms with van der Waals surface area (Å²) < 4.78 is 10.8. The van der Waals surface area contributed by atoms with Crippen LogP contribution in [0.5, 0.6) is 5.75 Å². The lowest BCUT2D eigenvalue weighted by Gasteiger charge is -2.29. The van der Waals surface area contributed by atoms with Gasteiger partial charge in [-0.3, -0.25) is 4.79 Å². The number of benzene rings is 2. The minimum Gasteiger partial charge on any atom is -0.494 e. The van der Waals surface area contributed by atoms with Gasteiger partial charge in [0.25, 0.3) is 0 Å². The highest BCUT2D eigenvalue weighted by Gasteiger charge is 2.13. The maximum atomic E-state index is 12.5. The van der Waals surface area contributed by atoms with Gasteiger partial charge < -0.3 is 19.7 Å². The molecule has 0 radical (unpaired) electrons. The third-order valence-corrected chi connectivity index (χ3v) is 4.47. The minimum atomic E-state index is -0.0172. The zero-order chi connectivity index (χ0) is 18.4. The van der Waals surface area contributed by atoms with Gasteiger partial charge in [0.2, 0.25) is 5.91 Å². The van der Waals surface area contributed by atoms with E-state index in [2.05, 4.69) is 28.4 Å². The molecule has 3 rings (SSSR count). The normalized spacial score (nSPS) is 14.2. The number of carbonyl (C=O) groups excluding carboxylic acids is 1. The van der Waals surface area contributed by atoms with E-state index in [1.807, 2.05) is 38.1 Å². The van der Waals surface area contributed by atoms with Gasteiger partial charge in [0, 0.05) is 24.5 Å². The predicted molar refractivity (Wildman–Crippen MR) is 104 cm³/mol. The van der Waals surface area contributed by atoms with Crippen LogP contribution in [-0.4, -0.2) is 38.8 Å². The fourth-order valence-electron chi connectivity index (χ4n) is 3.01. The van der Waals surface area contributed by atoms with E-state index in [1.165, 1.54) is 0 Å². The zero-order valence-electron chi connectivity index (χ0n) is 15.5. The molecule has 0 bridgehead atoms. The molecule has 1 fully saturated rings. The lowest BCUT2D eigenvalue weighted by Crippen LogP contribution is -2.36. The second-order valence-corrected chi connectivity index (χ2v) is 6.40. The number of aryl methyl sites for hydroxylation is 1. The lowest BCUT2D eigenvalue weighted by molar-refractivity contribution is -0.115. The van der Waals surface area contributed by atoms with E-state index in [9.17, 15) is 4.79 Å². The third kappa shape index (κ3) is 4.76. The molecule has 0 unspecified atom stereocenters. The van der Waals surface area contributed by atoms with Crippen molar-refractivity contribution in [2.45, 2.75) is 20.3 Å². The number of morpholine rings is 1. The van der Waals surface area contributed by atoms with E-state index in [-0.39, 0.29) is 5.91 Å². The van der Waals surface area contributed by atoms with Crippen molar-refractivity contribution in [2.75, 3.05) is 43.1 Å². The third-order valence-electron chi connectivity index (χ3n) is 4.47. The Morgan fingerprint density at radius 3 is 2.58 bits per heavy atom. The fraction of sp³-hybridized carbons (Fsp3) is 0.381. The predicted octanol–water partition coefficient (Wildman–Crippen LogP) is 3.41. The zero-order valence-corrected chi connectivity index (χ0v) is 15.5. The quantitative estimate of drug-likeness (QED) is 0.864. The molecule has 5 heteroatoms. The number of ether oxygens (including phenoxy) is 2. The monoisotopic (exact) mass is 354 g/mol. The first-order valence-corrected chi connectivity index (χ1v) is 9.10. The maximum absolute atomic E-state index is 12.5. The largest absolute Gasteiger partial charge is 0.494 e. The molecule has 1 heterocycles. The molecule has 0 spiro atoms. The van der Waals surface area contributed by atoms with Crippen LogP contribution in [0, 0.1) is 6.92 Å². The van der Waals surface area contributed by atoms with Gasteiger partial charge in [0.15, 0.2) is 0 Å². The molecule has 0 aliphatic carbocycles. The molecule has 1 aliphatic heterocycles. The van der Waals surface area contributed by atoms with Crippen LogP contribution in [0.4, 0.5) is 11.4 Å². The van der Waals surface area contributed by atoms with Crippen molar-refractivity contribution < 1.29 is 14.3 Å². The van der Waals surface area contributed by atoms with Gasteiger partial charge in [0.05, 0.1) is 26.2 Å². The van der Waals surface area contributed by atoms with Crippen LogP contribution in [0.1, 0.15) is 18.1 Å². The number of amides is 1. The van der Waals surface area contributed by atoms with Crippen molar-refractivity contribution in [3.8, 4) is 5.75 Å². The average Bonchev–Trinajstić information content (AvgIpc) is 2.66. The number of hydrogen-bond donors (Lipinski definition) is 1. The Kier molecular flexibility index (Phi) is 6.12. The molecule has 1 N–H and O–H groups in total. The molecule has 2 aromatic carbocycles. The van der Waals surface area contributed by atoms with Crippen LogP contribution in [0.15, 0.2) is 42.5 Å². The summed E-state index contributed by atoms with van der Waals surface area (Å²) in [6.45, 7) is 7.84. The van der Waals surface area contributed by atoms with Gasteiger partial charge in [-0.2, -0.15) is 0 Å². The molecule has 1 saturated heterocycles. The number of carbonyl (C=O) groups is 1. The summed E-state index contributed by atoms with van der Waals surface area (Å²) in [7, 11) is 0. The highest BCUT2D eigenvalue weighted by molar-refractivity contribution is 5.93. The van der Waals surface area contributed by atoms with Gasteiger partial charge >= 0.3 is 0 Å². The molecule has 26 heavy (non-hydrogen) atoms. The SMILES string of the molecule is CCOc1ccc(CC(=O)Nc2cc(N3CCOCC3)ccc2C)cc1. The van der Waals surface area contributed by atoms with Crippen LogP contribution in [-0.2, 0) is 16.0 Å². The summed E-state index contributed by atoms with van der Waals surface area (Å²) in [5, 5.41) is 3.05. The van der Waals surface area contributed by atoms with Crippen LogP contribution in [0.3, 0.4) is 0 Å². The van der Waals surface area contributed by atoms with Crippen LogP contribution in [0.2, 0.25) is 0 Å². The van der Waals surface area contributed by atoms with E-state index < -0.39 is 0 Å². The summed E-state index contributed by atoms with van der Waals surface area (Å²) in [5.74, 6) is 0.808. The van der Waals surface area contributed by atoms with Gasteiger partial charge in [-0.25, -0.2) is 0 Å². The van der Waals surface area contributed by atoms with E-state index in [0.29, 0.717) is 13.0 Å². The molecule has 1 aliphatic rings. The Hall–Kier alpha value is -2.53. The maximum Gasteiger partial charge on any atom is 0.228 e. The molecule has 0 aromatic heterocycles. The molecular weight excluding hydrogens is 328 g/mol. The Balaban J connectivity index is 1.64. The number of nitrogens with one attached hydrogen (secondary N) is 1. The van der Waals surface area contributed by atoms with Gasteiger partial charge in [-0.1, -0.05) is 18.2 Å². The molecule has 0 atom stereocenters. The van der Waals surface area contributed by atoms with Crippen LogP contribution in [0.25, 0.3) is 0 Å². The summed E-state index contributed by atoms with van der Waals surface area (Å²) in [5.41, 5.74) is 4.01. The first-order chi connectivity index (χ1) is 12.7. The van der Waals surface area contributed by atoms with Gasteiger partial charge in [0.1, 0.15) is 5.75 Å². The van der Waals surface area contributed by atoms with Crippen molar-refractivity contribution >= 4 is 17.3 Å². The topological polar surface area (TPSA) is 50.8 Å². The highest BCUT2D eigenvalue weighted by Crippen LogP contribution is 2.24. The molecule has 138 valence electrons. The Morgan fingerprint density at radius 1 is 1.15 bits per heavy atom. The van der Waals surface area contributed by atoms with E-state index in [1.54, 1.807) is 0 Å². The molecule has 1 amide bonds. The van der Waals surface area contributed by atoms with E-state index >= 15 is 0 Å². The molecule has 5 nitrogen and oxygen atoms in total. The number of rotatable bonds is 6. The van der Waals surface area contributed by atoms with Crippen molar-refractivity contribution in [2.24, 2.45) is 0 Å². The summed E-state index contributed by atoms with van der Waals surface area (Å²) in [6.07, 6.45) is 0.341. The van der Waals surface area contributed by atoms with Gasteiger partial charge in [-0.05, 0) is 49.2 Å². The second-order valence-electron chi connectivity index (χ2n) is 6.40. The molecule has 2 aromatic rings. The smallest absolute Gasteiger partial charge is 0.228 e. The average molecular weight is 354 g/mol. The first-order valence-electron chi connectivity index (χ1n) is 9.10. The highest BCUT2D eigenvalue weighted by atomic mass is 16.5. The standard InChI is InChI=1S/C21H26N2O3/c1-3-26-19-8-5-17(6-9-19)14-21(24)22-20-15-18(7-4-16(20)2)23-10-12-25-13-11-23/h4-9,15H,3,10-14H2,1-2H3,(H,22,24). The second kappa shape index (κ2) is 8.72. The van der Waals surface area contributed by atoms with Crippen molar-refractivity contribution in [1.29, 1.82) is 0 Å². The number of anilines is 2.